The Morgan fingerprint density at radius 1 is 0.957 bits per heavy atom. The van der Waals surface area contributed by atoms with E-state index in [0.29, 0.717) is 12.2 Å². The largest absolute Gasteiger partial charge is 0.457 e. The fourth-order valence-corrected chi connectivity index (χ4v) is 2.62. The molecule has 0 aliphatic heterocycles. The van der Waals surface area contributed by atoms with E-state index in [4.69, 9.17) is 4.74 Å². The number of halogens is 1. The number of nitrogens with zero attached hydrogens (tertiary/aromatic N) is 1. The maximum Gasteiger partial charge on any atom is 0.338 e. The Morgan fingerprint density at radius 3 is 2.09 bits per heavy atom. The van der Waals surface area contributed by atoms with Gasteiger partial charge in [-0.3, -0.25) is 4.90 Å². The van der Waals surface area contributed by atoms with Gasteiger partial charge in [0.1, 0.15) is 6.61 Å². The number of rotatable bonds is 7. The van der Waals surface area contributed by atoms with Crippen LogP contribution >= 0.6 is 22.6 Å². The van der Waals surface area contributed by atoms with E-state index in [1.54, 1.807) is 12.1 Å². The van der Waals surface area contributed by atoms with Crippen molar-refractivity contribution in [1.29, 1.82) is 0 Å². The molecule has 0 N–H and O–H groups in total. The van der Waals surface area contributed by atoms with E-state index in [0.717, 1.165) is 28.8 Å². The molecule has 0 atom stereocenters. The molecule has 3 nitrogen and oxygen atoms in total. The van der Waals surface area contributed by atoms with Crippen molar-refractivity contribution in [2.45, 2.75) is 27.0 Å². The highest BCUT2D eigenvalue weighted by Gasteiger charge is 2.07. The first-order valence-corrected chi connectivity index (χ1v) is 8.93. The summed E-state index contributed by atoms with van der Waals surface area (Å²) in [5, 5.41) is 0. The number of hydrogen-bond donors (Lipinski definition) is 0. The molecule has 0 aromatic heterocycles. The third-order valence-electron chi connectivity index (χ3n) is 3.77. The van der Waals surface area contributed by atoms with Gasteiger partial charge in [0.05, 0.1) is 5.56 Å². The zero-order valence-electron chi connectivity index (χ0n) is 13.6. The Bertz CT molecular complexity index is 619. The summed E-state index contributed by atoms with van der Waals surface area (Å²) in [4.78, 5) is 14.4. The van der Waals surface area contributed by atoms with E-state index in [2.05, 4.69) is 53.5 Å². The first-order valence-electron chi connectivity index (χ1n) is 7.85. The number of benzene rings is 2. The van der Waals surface area contributed by atoms with Crippen LogP contribution in [0.5, 0.6) is 0 Å². The van der Waals surface area contributed by atoms with E-state index in [9.17, 15) is 4.79 Å². The molecule has 0 amide bonds. The summed E-state index contributed by atoms with van der Waals surface area (Å²) in [6.07, 6.45) is 0. The molecule has 2 rings (SSSR count). The number of carbonyl (C=O) groups is 1. The molecular formula is C19H22INO2. The molecule has 122 valence electrons. The summed E-state index contributed by atoms with van der Waals surface area (Å²) in [5.41, 5.74) is 2.87. The number of carbonyl (C=O) groups excluding carboxylic acids is 1. The summed E-state index contributed by atoms with van der Waals surface area (Å²) in [6, 6.07) is 15.6. The van der Waals surface area contributed by atoms with Crippen LogP contribution in [0.1, 0.15) is 35.3 Å². The number of esters is 1. The monoisotopic (exact) mass is 423 g/mol. The lowest BCUT2D eigenvalue weighted by Crippen LogP contribution is -2.22. The van der Waals surface area contributed by atoms with Gasteiger partial charge in [-0.25, -0.2) is 4.79 Å². The minimum atomic E-state index is -0.284. The lowest BCUT2D eigenvalue weighted by atomic mass is 10.1. The molecule has 4 heteroatoms. The van der Waals surface area contributed by atoms with Gasteiger partial charge in [-0.15, -0.1) is 0 Å². The van der Waals surface area contributed by atoms with E-state index in [1.807, 2.05) is 24.3 Å². The topological polar surface area (TPSA) is 29.5 Å². The van der Waals surface area contributed by atoms with Gasteiger partial charge in [-0.2, -0.15) is 0 Å². The van der Waals surface area contributed by atoms with Gasteiger partial charge in [0.2, 0.25) is 0 Å². The van der Waals surface area contributed by atoms with Gasteiger partial charge in [0, 0.05) is 10.1 Å². The highest BCUT2D eigenvalue weighted by Crippen LogP contribution is 2.11. The molecule has 23 heavy (non-hydrogen) atoms. The molecule has 2 aromatic rings. The fourth-order valence-electron chi connectivity index (χ4n) is 2.26. The first-order chi connectivity index (χ1) is 11.1. The van der Waals surface area contributed by atoms with Crippen molar-refractivity contribution in [2.75, 3.05) is 13.1 Å². The third-order valence-corrected chi connectivity index (χ3v) is 4.49. The van der Waals surface area contributed by atoms with Crippen LogP contribution < -0.4 is 0 Å². The molecule has 0 unspecified atom stereocenters. The van der Waals surface area contributed by atoms with Crippen LogP contribution in [0.4, 0.5) is 0 Å². The highest BCUT2D eigenvalue weighted by atomic mass is 127. The van der Waals surface area contributed by atoms with Gasteiger partial charge >= 0.3 is 5.97 Å². The summed E-state index contributed by atoms with van der Waals surface area (Å²) < 4.78 is 6.47. The second kappa shape index (κ2) is 9.03. The van der Waals surface area contributed by atoms with Crippen LogP contribution in [0.25, 0.3) is 0 Å². The van der Waals surface area contributed by atoms with Gasteiger partial charge < -0.3 is 4.74 Å². The van der Waals surface area contributed by atoms with Gasteiger partial charge in [0.25, 0.3) is 0 Å². The number of ether oxygens (including phenoxy) is 1. The Hall–Kier alpha value is -1.40. The molecule has 0 aliphatic carbocycles. The third kappa shape index (κ3) is 5.62. The van der Waals surface area contributed by atoms with E-state index in [-0.39, 0.29) is 5.97 Å². The molecule has 0 saturated heterocycles. The summed E-state index contributed by atoms with van der Waals surface area (Å²) in [5.74, 6) is -0.284. The van der Waals surface area contributed by atoms with E-state index >= 15 is 0 Å². The van der Waals surface area contributed by atoms with Gasteiger partial charge in [0.15, 0.2) is 0 Å². The number of hydrogen-bond acceptors (Lipinski definition) is 3. The maximum absolute atomic E-state index is 12.0. The van der Waals surface area contributed by atoms with Crippen molar-refractivity contribution < 1.29 is 9.53 Å². The van der Waals surface area contributed by atoms with Crippen molar-refractivity contribution >= 4 is 28.6 Å². The molecule has 0 spiro atoms. The standard InChI is InChI=1S/C19H22INO2/c1-3-21(4-2)13-15-5-7-16(8-6-15)14-23-19(22)17-9-11-18(20)12-10-17/h5-12H,3-4,13-14H2,1-2H3. The van der Waals surface area contributed by atoms with Crippen molar-refractivity contribution in [2.24, 2.45) is 0 Å². The summed E-state index contributed by atoms with van der Waals surface area (Å²) >= 11 is 2.21. The summed E-state index contributed by atoms with van der Waals surface area (Å²) in [7, 11) is 0. The van der Waals surface area contributed by atoms with Crippen LogP contribution in [-0.4, -0.2) is 24.0 Å². The molecule has 0 radical (unpaired) electrons. The smallest absolute Gasteiger partial charge is 0.338 e. The zero-order valence-corrected chi connectivity index (χ0v) is 15.7. The Balaban J connectivity index is 1.88. The molecule has 2 aromatic carbocycles. The molecule has 0 fully saturated rings. The Morgan fingerprint density at radius 2 is 1.52 bits per heavy atom. The highest BCUT2D eigenvalue weighted by molar-refractivity contribution is 14.1. The summed E-state index contributed by atoms with van der Waals surface area (Å²) in [6.45, 7) is 7.69. The molecule has 0 bridgehead atoms. The van der Waals surface area contributed by atoms with E-state index < -0.39 is 0 Å². The normalized spacial score (nSPS) is 10.8. The second-order valence-corrected chi connectivity index (χ2v) is 6.61. The van der Waals surface area contributed by atoms with Crippen LogP contribution in [-0.2, 0) is 17.9 Å². The van der Waals surface area contributed by atoms with Crippen LogP contribution in [0.2, 0.25) is 0 Å². The lowest BCUT2D eigenvalue weighted by Gasteiger charge is -2.18. The second-order valence-electron chi connectivity index (χ2n) is 5.36. The predicted octanol–water partition coefficient (Wildman–Crippen LogP) is 4.49. The minimum Gasteiger partial charge on any atom is -0.457 e. The molecule has 0 saturated carbocycles. The van der Waals surface area contributed by atoms with Crippen LogP contribution in [0.3, 0.4) is 0 Å². The van der Waals surface area contributed by atoms with Crippen molar-refractivity contribution in [3.05, 3.63) is 68.8 Å². The quantitative estimate of drug-likeness (QED) is 0.486. The van der Waals surface area contributed by atoms with Crippen LogP contribution in [0, 0.1) is 3.57 Å². The van der Waals surface area contributed by atoms with Gasteiger partial charge in [-0.05, 0) is 71.1 Å². The predicted molar refractivity (Wildman–Crippen MR) is 101 cm³/mol. The minimum absolute atomic E-state index is 0.284. The Labute approximate surface area is 151 Å². The zero-order chi connectivity index (χ0) is 16.7. The van der Waals surface area contributed by atoms with Crippen molar-refractivity contribution in [1.82, 2.24) is 4.90 Å². The van der Waals surface area contributed by atoms with Crippen molar-refractivity contribution in [3.8, 4) is 0 Å². The van der Waals surface area contributed by atoms with E-state index in [1.165, 1.54) is 5.56 Å². The average Bonchev–Trinajstić information content (AvgIpc) is 2.59. The first kappa shape index (κ1) is 17.9. The van der Waals surface area contributed by atoms with Gasteiger partial charge in [-0.1, -0.05) is 38.1 Å². The molecule has 0 aliphatic rings. The molecule has 0 heterocycles. The van der Waals surface area contributed by atoms with Crippen LogP contribution in [0.15, 0.2) is 48.5 Å². The van der Waals surface area contributed by atoms with Crippen molar-refractivity contribution in [3.63, 3.8) is 0 Å². The Kier molecular flexibility index (Phi) is 7.05. The fraction of sp³-hybridized carbons (Fsp3) is 0.316. The average molecular weight is 423 g/mol. The maximum atomic E-state index is 12.0. The lowest BCUT2D eigenvalue weighted by molar-refractivity contribution is 0.0472. The SMILES string of the molecule is CCN(CC)Cc1ccc(COC(=O)c2ccc(I)cc2)cc1. The molecular weight excluding hydrogens is 401 g/mol.